The molecule has 2 unspecified atom stereocenters. The Hall–Kier alpha value is -3.00. The second-order valence-corrected chi connectivity index (χ2v) is 14.4. The van der Waals surface area contributed by atoms with Crippen LogP contribution >= 0.6 is 27.5 Å². The Morgan fingerprint density at radius 3 is 2.60 bits per heavy atom. The van der Waals surface area contributed by atoms with E-state index in [9.17, 15) is 22.4 Å². The van der Waals surface area contributed by atoms with Crippen LogP contribution in [0.4, 0.5) is 9.18 Å². The third-order valence-electron chi connectivity index (χ3n) is 7.05. The summed E-state index contributed by atoms with van der Waals surface area (Å²) in [5, 5.41) is 2.48. The largest absolute Gasteiger partial charge is 0.459 e. The predicted octanol–water partition coefficient (Wildman–Crippen LogP) is 5.66. The van der Waals surface area contributed by atoms with E-state index in [1.165, 1.54) is 35.6 Å². The van der Waals surface area contributed by atoms with Crippen molar-refractivity contribution in [3.8, 4) is 22.6 Å². The van der Waals surface area contributed by atoms with Gasteiger partial charge < -0.3 is 19.8 Å². The number of carbonyl (C=O) groups excluding carboxylic acids is 2. The summed E-state index contributed by atoms with van der Waals surface area (Å²) < 4.78 is 54.0. The lowest BCUT2D eigenvalue weighted by Gasteiger charge is -2.39. The van der Waals surface area contributed by atoms with Crippen molar-refractivity contribution in [3.63, 3.8) is 0 Å². The van der Waals surface area contributed by atoms with Crippen molar-refractivity contribution >= 4 is 49.6 Å². The Morgan fingerprint density at radius 2 is 1.90 bits per heavy atom. The summed E-state index contributed by atoms with van der Waals surface area (Å²) in [6, 6.07) is 7.33. The molecule has 42 heavy (non-hydrogen) atoms. The van der Waals surface area contributed by atoms with Gasteiger partial charge in [-0.05, 0) is 80.4 Å². The molecule has 3 heterocycles. The summed E-state index contributed by atoms with van der Waals surface area (Å²) in [5.74, 6) is -0.730. The zero-order chi connectivity index (χ0) is 30.6. The van der Waals surface area contributed by atoms with Gasteiger partial charge in [-0.1, -0.05) is 17.7 Å². The Morgan fingerprint density at radius 1 is 1.19 bits per heavy atom. The molecule has 6 rings (SSSR count). The van der Waals surface area contributed by atoms with Gasteiger partial charge in [0.05, 0.1) is 27.4 Å². The van der Waals surface area contributed by atoms with Gasteiger partial charge in [0.15, 0.2) is 0 Å². The first-order valence-electron chi connectivity index (χ1n) is 13.2. The third-order valence-corrected chi connectivity index (χ3v) is 10.2. The van der Waals surface area contributed by atoms with Crippen LogP contribution in [0.25, 0.3) is 22.6 Å². The minimum atomic E-state index is -4.06. The molecule has 1 aliphatic carbocycles. The summed E-state index contributed by atoms with van der Waals surface area (Å²) >= 11 is 9.51. The second-order valence-electron chi connectivity index (χ2n) is 11.3. The zero-order valence-corrected chi connectivity index (χ0v) is 26.3. The first-order valence-corrected chi connectivity index (χ1v) is 15.8. The highest BCUT2D eigenvalue weighted by molar-refractivity contribution is 9.10. The van der Waals surface area contributed by atoms with Crippen molar-refractivity contribution < 1.29 is 31.9 Å². The number of nitrogens with one attached hydrogen (secondary N) is 2. The first-order chi connectivity index (χ1) is 19.6. The number of carbonyl (C=O) groups is 2. The zero-order valence-electron chi connectivity index (χ0n) is 23.2. The Bertz CT molecular complexity index is 1660. The fourth-order valence-electron chi connectivity index (χ4n) is 5.10. The van der Waals surface area contributed by atoms with Crippen LogP contribution in [0.2, 0.25) is 5.02 Å². The molecular formula is C28H29BrClFN4O6S. The highest BCUT2D eigenvalue weighted by Gasteiger charge is 2.59. The normalized spacial score (nSPS) is 21.0. The molecular weight excluding hydrogens is 655 g/mol. The molecule has 0 radical (unpaired) electrons. The van der Waals surface area contributed by atoms with Gasteiger partial charge in [-0.25, -0.2) is 27.4 Å². The Labute approximate surface area is 256 Å². The van der Waals surface area contributed by atoms with Gasteiger partial charge in [-0.2, -0.15) is 4.31 Å². The maximum Gasteiger partial charge on any atom is 0.408 e. The van der Waals surface area contributed by atoms with Gasteiger partial charge in [0.2, 0.25) is 10.0 Å². The van der Waals surface area contributed by atoms with Gasteiger partial charge >= 0.3 is 12.1 Å². The average Bonchev–Trinajstić information content (AvgIpc) is 3.60. The highest BCUT2D eigenvalue weighted by atomic mass is 79.9. The number of halogens is 3. The molecule has 2 aliphatic heterocycles. The van der Waals surface area contributed by atoms with Crippen LogP contribution < -0.4 is 5.32 Å². The lowest BCUT2D eigenvalue weighted by Crippen LogP contribution is -2.54. The monoisotopic (exact) mass is 682 g/mol. The van der Waals surface area contributed by atoms with Gasteiger partial charge in [0.1, 0.15) is 34.3 Å². The average molecular weight is 684 g/mol. The third kappa shape index (κ3) is 6.05. The number of benzene rings is 2. The van der Waals surface area contributed by atoms with E-state index in [0.717, 1.165) is 0 Å². The summed E-state index contributed by atoms with van der Waals surface area (Å²) in [5.41, 5.74) is 0.868. The minimum absolute atomic E-state index is 0.0375. The van der Waals surface area contributed by atoms with Gasteiger partial charge in [0.25, 0.3) is 0 Å². The first kappa shape index (κ1) is 30.5. The number of aromatic nitrogens is 2. The number of nitrogens with zero attached hydrogens (tertiary/aromatic N) is 2. The van der Waals surface area contributed by atoms with Gasteiger partial charge in [0, 0.05) is 23.6 Å². The molecule has 4 atom stereocenters. The van der Waals surface area contributed by atoms with Crippen molar-refractivity contribution in [2.75, 3.05) is 0 Å². The number of hydrogen-bond donors (Lipinski definition) is 2. The lowest BCUT2D eigenvalue weighted by molar-refractivity contribution is -0.151. The maximum absolute atomic E-state index is 14.0. The van der Waals surface area contributed by atoms with Crippen LogP contribution in [-0.2, 0) is 24.3 Å². The lowest BCUT2D eigenvalue weighted by atomic mass is 10.1. The number of H-pyrrole nitrogens is 1. The summed E-state index contributed by atoms with van der Waals surface area (Å²) in [6.45, 7) is 6.59. The van der Waals surface area contributed by atoms with Gasteiger partial charge in [-0.15, -0.1) is 0 Å². The molecule has 2 saturated heterocycles. The molecule has 0 spiro atoms. The Kier molecular flexibility index (Phi) is 8.16. The number of fused-ring (bicyclic) bond motifs is 1. The summed E-state index contributed by atoms with van der Waals surface area (Å²) in [6.07, 6.45) is 0.981. The van der Waals surface area contributed by atoms with E-state index < -0.39 is 51.7 Å². The number of ether oxygens (including phenoxy) is 2. The molecule has 224 valence electrons. The highest BCUT2D eigenvalue weighted by Crippen LogP contribution is 2.47. The minimum Gasteiger partial charge on any atom is -0.459 e. The van der Waals surface area contributed by atoms with E-state index in [0.29, 0.717) is 40.0 Å². The van der Waals surface area contributed by atoms with Crippen LogP contribution in [0.3, 0.4) is 0 Å². The van der Waals surface area contributed by atoms with E-state index in [2.05, 4.69) is 31.2 Å². The van der Waals surface area contributed by atoms with E-state index in [1.54, 1.807) is 39.0 Å². The Balaban J connectivity index is 1.30. The molecule has 2 aromatic carbocycles. The quantitative estimate of drug-likeness (QED) is 0.308. The van der Waals surface area contributed by atoms with E-state index >= 15 is 0 Å². The molecule has 1 aromatic heterocycles. The number of esters is 1. The molecule has 3 fully saturated rings. The molecule has 1 amide bonds. The van der Waals surface area contributed by atoms with E-state index in [4.69, 9.17) is 21.1 Å². The van der Waals surface area contributed by atoms with Crippen molar-refractivity contribution in [1.29, 1.82) is 0 Å². The standard InChI is InChI=1S/C28H29BrClFN4O6S/c1-14(33-27(37)41-28(2,3)4)26(36)40-23-12-17-11-22(23)35(17)42(38,39)24-10-16(6-8-19(24)30)25-32-13-21(34-25)15-5-7-18(29)20(31)9-15/h5-10,13-14,17,22-23H,11-12H2,1-4H3,(H,32,34)(H,33,37)/t14-,17?,22?,23+/m0/s1. The van der Waals surface area contributed by atoms with E-state index in [-0.39, 0.29) is 16.0 Å². The maximum atomic E-state index is 14.0. The number of imidazole rings is 1. The number of sulfonamides is 1. The summed E-state index contributed by atoms with van der Waals surface area (Å²) in [4.78, 5) is 32.0. The number of amides is 1. The smallest absolute Gasteiger partial charge is 0.408 e. The van der Waals surface area contributed by atoms with Crippen LogP contribution in [-0.4, -0.2) is 64.6 Å². The van der Waals surface area contributed by atoms with Crippen molar-refractivity contribution in [3.05, 3.63) is 57.9 Å². The molecule has 3 aromatic rings. The van der Waals surface area contributed by atoms with Crippen LogP contribution in [0.1, 0.15) is 40.5 Å². The van der Waals surface area contributed by atoms with Crippen molar-refractivity contribution in [1.82, 2.24) is 19.6 Å². The van der Waals surface area contributed by atoms with Crippen LogP contribution in [0.5, 0.6) is 0 Å². The molecule has 2 bridgehead atoms. The number of rotatable bonds is 7. The fraction of sp³-hybridized carbons (Fsp3) is 0.393. The topological polar surface area (TPSA) is 131 Å². The predicted molar refractivity (Wildman–Crippen MR) is 157 cm³/mol. The molecule has 2 N–H and O–H groups in total. The van der Waals surface area contributed by atoms with Crippen molar-refractivity contribution in [2.45, 2.75) is 75.3 Å². The van der Waals surface area contributed by atoms with Crippen molar-refractivity contribution in [2.24, 2.45) is 0 Å². The number of aromatic amines is 1. The number of hydrogen-bond acceptors (Lipinski definition) is 7. The van der Waals surface area contributed by atoms with Crippen LogP contribution in [0.15, 0.2) is 52.0 Å². The fourth-order valence-corrected chi connectivity index (χ4v) is 7.71. The molecule has 14 heteroatoms. The SMILES string of the molecule is C[C@H](NC(=O)OC(C)(C)C)C(=O)O[C@@H]1CC2CC1N2S(=O)(=O)c1cc(-c2ncc(-c3ccc(Br)c(F)c3)[nH]2)ccc1Cl. The molecule has 10 nitrogen and oxygen atoms in total. The molecule has 1 saturated carbocycles. The van der Waals surface area contributed by atoms with E-state index in [1.807, 2.05) is 0 Å². The second kappa shape index (κ2) is 11.3. The summed E-state index contributed by atoms with van der Waals surface area (Å²) in [7, 11) is -4.06. The molecule has 3 aliphatic rings. The number of alkyl carbamates (subject to hydrolysis) is 1. The van der Waals surface area contributed by atoms with Gasteiger partial charge in [-0.3, -0.25) is 0 Å². The van der Waals surface area contributed by atoms with Crippen LogP contribution in [0, 0.1) is 5.82 Å².